The minimum atomic E-state index is -0.148. The summed E-state index contributed by atoms with van der Waals surface area (Å²) in [6, 6.07) is 13.2. The summed E-state index contributed by atoms with van der Waals surface area (Å²) in [5.41, 5.74) is 3.16. The largest absolute Gasteiger partial charge is 0.328 e. The lowest BCUT2D eigenvalue weighted by Crippen LogP contribution is -2.27. The molecule has 0 bridgehead atoms. The second-order valence-electron chi connectivity index (χ2n) is 6.15. The van der Waals surface area contributed by atoms with Gasteiger partial charge in [0, 0.05) is 18.6 Å². The maximum Gasteiger partial charge on any atom is 0.328 e. The fourth-order valence-electron chi connectivity index (χ4n) is 3.07. The van der Waals surface area contributed by atoms with Crippen molar-refractivity contribution >= 4 is 72.9 Å². The maximum atomic E-state index is 12.9. The summed E-state index contributed by atoms with van der Waals surface area (Å²) < 4.78 is 4.58. The van der Waals surface area contributed by atoms with Gasteiger partial charge in [-0.25, -0.2) is 4.79 Å². The van der Waals surface area contributed by atoms with Crippen molar-refractivity contribution in [2.75, 3.05) is 4.90 Å². The van der Waals surface area contributed by atoms with Crippen LogP contribution in [-0.4, -0.2) is 19.4 Å². The second-order valence-corrected chi connectivity index (χ2v) is 8.74. The van der Waals surface area contributed by atoms with Gasteiger partial charge < -0.3 is 0 Å². The van der Waals surface area contributed by atoms with E-state index in [2.05, 4.69) is 15.9 Å². The van der Waals surface area contributed by atoms with E-state index in [1.165, 1.54) is 16.7 Å². The van der Waals surface area contributed by atoms with Crippen LogP contribution in [0.5, 0.6) is 0 Å². The third-order valence-electron chi connectivity index (χ3n) is 4.45. The van der Waals surface area contributed by atoms with Crippen molar-refractivity contribution in [1.29, 1.82) is 0 Å². The molecule has 0 aliphatic carbocycles. The molecule has 0 atom stereocenters. The Hall–Kier alpha value is -2.16. The first-order valence-electron chi connectivity index (χ1n) is 8.06. The number of thiocarbonyl (C=S) groups is 1. The quantitative estimate of drug-likeness (QED) is 0.428. The molecule has 1 amide bonds. The fraction of sp³-hybridized carbons (Fsp3) is 0.105. The average molecular weight is 460 g/mol. The van der Waals surface area contributed by atoms with Crippen LogP contribution in [-0.2, 0) is 18.9 Å². The summed E-state index contributed by atoms with van der Waals surface area (Å²) in [6.45, 7) is 0. The molecule has 136 valence electrons. The molecule has 1 aliphatic heterocycles. The lowest BCUT2D eigenvalue weighted by Gasteiger charge is -2.14. The zero-order valence-electron chi connectivity index (χ0n) is 14.5. The third-order valence-corrected chi connectivity index (χ3v) is 6.25. The van der Waals surface area contributed by atoms with Crippen molar-refractivity contribution in [1.82, 2.24) is 9.13 Å². The van der Waals surface area contributed by atoms with Gasteiger partial charge in [0.05, 0.1) is 21.6 Å². The number of hydrogen-bond acceptors (Lipinski definition) is 4. The molecule has 8 heteroatoms. The number of hydrogen-bond donors (Lipinski definition) is 0. The molecule has 1 aromatic heterocycles. The molecule has 0 unspecified atom stereocenters. The van der Waals surface area contributed by atoms with Crippen LogP contribution in [0.1, 0.15) is 5.56 Å². The second kappa shape index (κ2) is 6.78. The number of aryl methyl sites for hydroxylation is 2. The summed E-state index contributed by atoms with van der Waals surface area (Å²) in [7, 11) is 3.48. The number of benzene rings is 2. The van der Waals surface area contributed by atoms with Gasteiger partial charge >= 0.3 is 5.69 Å². The summed E-state index contributed by atoms with van der Waals surface area (Å²) in [6.07, 6.45) is 1.81. The molecule has 0 saturated carbocycles. The van der Waals surface area contributed by atoms with Crippen LogP contribution in [0.15, 0.2) is 56.6 Å². The van der Waals surface area contributed by atoms with Crippen molar-refractivity contribution in [3.8, 4) is 0 Å². The summed E-state index contributed by atoms with van der Waals surface area (Å²) >= 11 is 10.1. The van der Waals surface area contributed by atoms with Crippen LogP contribution in [0, 0.1) is 0 Å². The number of fused-ring (bicyclic) bond motifs is 1. The molecule has 27 heavy (non-hydrogen) atoms. The normalized spacial score (nSPS) is 16.1. The minimum Gasteiger partial charge on any atom is -0.295 e. The predicted molar refractivity (Wildman–Crippen MR) is 118 cm³/mol. The lowest BCUT2D eigenvalue weighted by molar-refractivity contribution is -0.113. The highest BCUT2D eigenvalue weighted by Crippen LogP contribution is 2.36. The van der Waals surface area contributed by atoms with Crippen molar-refractivity contribution in [3.05, 3.63) is 67.9 Å². The van der Waals surface area contributed by atoms with Gasteiger partial charge in [0.15, 0.2) is 4.32 Å². The van der Waals surface area contributed by atoms with Crippen LogP contribution >= 0.6 is 39.9 Å². The number of nitrogens with zero attached hydrogens (tertiary/aromatic N) is 3. The highest BCUT2D eigenvalue weighted by molar-refractivity contribution is 9.10. The van der Waals surface area contributed by atoms with E-state index in [1.807, 2.05) is 48.5 Å². The van der Waals surface area contributed by atoms with E-state index >= 15 is 0 Å². The van der Waals surface area contributed by atoms with Gasteiger partial charge in [0.1, 0.15) is 0 Å². The standard InChI is InChI=1S/C19H14BrN3O2S2/c1-21-14-7-6-11(8-15(14)22(2)18(21)25)9-16-17(24)23(19(26)27-16)13-5-3-4-12(20)10-13/h3-10H,1-2H3/b16-9+. The van der Waals surface area contributed by atoms with Gasteiger partial charge in [-0.2, -0.15) is 0 Å². The van der Waals surface area contributed by atoms with E-state index in [4.69, 9.17) is 12.2 Å². The number of carbonyl (C=O) groups excluding carboxylic acids is 1. The number of rotatable bonds is 2. The zero-order chi connectivity index (χ0) is 19.3. The Balaban J connectivity index is 1.74. The van der Waals surface area contributed by atoms with Crippen LogP contribution in [0.25, 0.3) is 17.1 Å². The molecule has 1 saturated heterocycles. The molecule has 0 radical (unpaired) electrons. The molecule has 3 aromatic rings. The minimum absolute atomic E-state index is 0.0804. The van der Waals surface area contributed by atoms with Crippen molar-refractivity contribution in [2.45, 2.75) is 0 Å². The molecule has 0 N–H and O–H groups in total. The molecule has 5 nitrogen and oxygen atoms in total. The molecule has 4 rings (SSSR count). The van der Waals surface area contributed by atoms with Crippen molar-refractivity contribution < 1.29 is 4.79 Å². The van der Waals surface area contributed by atoms with E-state index in [0.29, 0.717) is 9.23 Å². The third kappa shape index (κ3) is 3.07. The first kappa shape index (κ1) is 18.2. The first-order chi connectivity index (χ1) is 12.9. The summed E-state index contributed by atoms with van der Waals surface area (Å²) in [5.74, 6) is -0.148. The number of amides is 1. The lowest BCUT2D eigenvalue weighted by atomic mass is 10.1. The number of thioether (sulfide) groups is 1. The Bertz CT molecular complexity index is 1210. The number of carbonyl (C=O) groups is 1. The number of anilines is 1. The van der Waals surface area contributed by atoms with Crippen molar-refractivity contribution in [2.24, 2.45) is 14.1 Å². The molecular formula is C19H14BrN3O2S2. The fourth-order valence-corrected chi connectivity index (χ4v) is 4.76. The first-order valence-corrected chi connectivity index (χ1v) is 10.1. The van der Waals surface area contributed by atoms with Gasteiger partial charge in [-0.15, -0.1) is 0 Å². The number of halogens is 1. The Labute approximate surface area is 173 Å². The highest BCUT2D eigenvalue weighted by Gasteiger charge is 2.33. The van der Waals surface area contributed by atoms with E-state index in [1.54, 1.807) is 23.2 Å². The Morgan fingerprint density at radius 2 is 1.78 bits per heavy atom. The van der Waals surface area contributed by atoms with E-state index < -0.39 is 0 Å². The Morgan fingerprint density at radius 3 is 2.52 bits per heavy atom. The molecule has 1 fully saturated rings. The molecule has 2 aromatic carbocycles. The highest BCUT2D eigenvalue weighted by atomic mass is 79.9. The van der Waals surface area contributed by atoms with Crippen LogP contribution < -0.4 is 10.6 Å². The topological polar surface area (TPSA) is 47.2 Å². The zero-order valence-corrected chi connectivity index (χ0v) is 17.7. The Kier molecular flexibility index (Phi) is 4.57. The molecular weight excluding hydrogens is 446 g/mol. The van der Waals surface area contributed by atoms with Crippen LogP contribution in [0.4, 0.5) is 5.69 Å². The van der Waals surface area contributed by atoms with E-state index in [0.717, 1.165) is 26.8 Å². The molecule has 2 heterocycles. The molecule has 0 spiro atoms. The van der Waals surface area contributed by atoms with Gasteiger partial charge in [-0.05, 0) is 42.0 Å². The smallest absolute Gasteiger partial charge is 0.295 e. The summed E-state index contributed by atoms with van der Waals surface area (Å²) in [5, 5.41) is 0. The van der Waals surface area contributed by atoms with Gasteiger partial charge in [0.25, 0.3) is 5.91 Å². The van der Waals surface area contributed by atoms with E-state index in [9.17, 15) is 9.59 Å². The van der Waals surface area contributed by atoms with Crippen LogP contribution in [0.2, 0.25) is 0 Å². The molecule has 1 aliphatic rings. The number of imidazole rings is 1. The maximum absolute atomic E-state index is 12.9. The average Bonchev–Trinajstić information content (AvgIpc) is 3.03. The van der Waals surface area contributed by atoms with Gasteiger partial charge in [-0.3, -0.25) is 18.8 Å². The van der Waals surface area contributed by atoms with E-state index in [-0.39, 0.29) is 11.6 Å². The van der Waals surface area contributed by atoms with Crippen molar-refractivity contribution in [3.63, 3.8) is 0 Å². The Morgan fingerprint density at radius 1 is 1.04 bits per heavy atom. The predicted octanol–water partition coefficient (Wildman–Crippen LogP) is 4.05. The van der Waals surface area contributed by atoms with Gasteiger partial charge in [-0.1, -0.05) is 52.0 Å². The monoisotopic (exact) mass is 459 g/mol. The SMILES string of the molecule is Cn1c(=O)n(C)c2cc(/C=C3/SC(=S)N(c4cccc(Br)c4)C3=O)ccc21. The van der Waals surface area contributed by atoms with Gasteiger partial charge in [0.2, 0.25) is 0 Å². The van der Waals surface area contributed by atoms with Crippen LogP contribution in [0.3, 0.4) is 0 Å². The summed E-state index contributed by atoms with van der Waals surface area (Å²) in [4.78, 5) is 27.1. The number of aromatic nitrogens is 2.